The molecule has 4 nitrogen and oxygen atoms in total. The SMILES string of the molecule is CC=CC=CC(=O)OC(C)C(=O)Nc1cc(Cl)c(Cl)cc1Cl. The van der Waals surface area contributed by atoms with Gasteiger partial charge in [-0.05, 0) is 26.0 Å². The second-order valence-electron chi connectivity index (χ2n) is 4.20. The quantitative estimate of drug-likeness (QED) is 0.359. The van der Waals surface area contributed by atoms with Crippen molar-refractivity contribution < 1.29 is 14.3 Å². The van der Waals surface area contributed by atoms with Gasteiger partial charge in [0.2, 0.25) is 0 Å². The maximum absolute atomic E-state index is 12.0. The van der Waals surface area contributed by atoms with Crippen LogP contribution in [-0.4, -0.2) is 18.0 Å². The molecule has 22 heavy (non-hydrogen) atoms. The van der Waals surface area contributed by atoms with Crippen molar-refractivity contribution >= 4 is 52.4 Å². The van der Waals surface area contributed by atoms with Crippen LogP contribution in [0.4, 0.5) is 5.69 Å². The molecule has 0 saturated carbocycles. The van der Waals surface area contributed by atoms with Gasteiger partial charge in [-0.25, -0.2) is 4.79 Å². The first-order valence-electron chi connectivity index (χ1n) is 6.30. The van der Waals surface area contributed by atoms with Crippen molar-refractivity contribution in [1.82, 2.24) is 0 Å². The summed E-state index contributed by atoms with van der Waals surface area (Å²) in [6.07, 6.45) is 5.17. The average Bonchev–Trinajstić information content (AvgIpc) is 2.44. The first-order valence-corrected chi connectivity index (χ1v) is 7.44. The fraction of sp³-hybridized carbons (Fsp3) is 0.200. The lowest BCUT2D eigenvalue weighted by Gasteiger charge is -2.13. The summed E-state index contributed by atoms with van der Waals surface area (Å²) >= 11 is 17.6. The number of ether oxygens (including phenoxy) is 1. The molecule has 118 valence electrons. The summed E-state index contributed by atoms with van der Waals surface area (Å²) in [4.78, 5) is 23.4. The van der Waals surface area contributed by atoms with Gasteiger partial charge in [-0.2, -0.15) is 0 Å². The van der Waals surface area contributed by atoms with Gasteiger partial charge in [0.05, 0.1) is 20.8 Å². The number of amides is 1. The molecule has 7 heteroatoms. The van der Waals surface area contributed by atoms with Gasteiger partial charge in [-0.1, -0.05) is 53.0 Å². The largest absolute Gasteiger partial charge is 0.449 e. The van der Waals surface area contributed by atoms with E-state index in [1.54, 1.807) is 12.2 Å². The lowest BCUT2D eigenvalue weighted by molar-refractivity contribution is -0.148. The van der Waals surface area contributed by atoms with Crippen LogP contribution >= 0.6 is 34.8 Å². The van der Waals surface area contributed by atoms with Crippen LogP contribution in [0.15, 0.2) is 36.4 Å². The molecule has 0 aliphatic heterocycles. The summed E-state index contributed by atoms with van der Waals surface area (Å²) in [5, 5.41) is 3.28. The number of anilines is 1. The number of halogens is 3. The highest BCUT2D eigenvalue weighted by Crippen LogP contribution is 2.32. The number of carbonyl (C=O) groups is 2. The number of esters is 1. The maximum atomic E-state index is 12.0. The second kappa shape index (κ2) is 8.83. The Bertz CT molecular complexity index is 627. The first-order chi connectivity index (χ1) is 10.3. The summed E-state index contributed by atoms with van der Waals surface area (Å²) < 4.78 is 4.95. The molecular formula is C15H14Cl3NO3. The molecule has 0 saturated heterocycles. The van der Waals surface area contributed by atoms with Crippen molar-refractivity contribution in [2.45, 2.75) is 20.0 Å². The molecule has 1 unspecified atom stereocenters. The normalized spacial score (nSPS) is 12.6. The van der Waals surface area contributed by atoms with E-state index in [2.05, 4.69) is 5.32 Å². The second-order valence-corrected chi connectivity index (χ2v) is 5.42. The Balaban J connectivity index is 2.69. The molecule has 0 bridgehead atoms. The molecule has 1 atom stereocenters. The number of nitrogens with one attached hydrogen (secondary N) is 1. The summed E-state index contributed by atoms with van der Waals surface area (Å²) in [5.74, 6) is -1.16. The highest BCUT2D eigenvalue weighted by atomic mass is 35.5. The number of rotatable bonds is 5. The third-order valence-electron chi connectivity index (χ3n) is 2.47. The monoisotopic (exact) mass is 361 g/mol. The van der Waals surface area contributed by atoms with Crippen LogP contribution in [0.25, 0.3) is 0 Å². The van der Waals surface area contributed by atoms with Crippen LogP contribution in [0.2, 0.25) is 15.1 Å². The topological polar surface area (TPSA) is 55.4 Å². The molecule has 0 fully saturated rings. The van der Waals surface area contributed by atoms with E-state index < -0.39 is 18.0 Å². The molecule has 0 aliphatic carbocycles. The molecule has 0 aliphatic rings. The fourth-order valence-electron chi connectivity index (χ4n) is 1.36. The van der Waals surface area contributed by atoms with E-state index in [0.717, 1.165) is 0 Å². The van der Waals surface area contributed by atoms with E-state index >= 15 is 0 Å². The van der Waals surface area contributed by atoms with Crippen LogP contribution in [-0.2, 0) is 14.3 Å². The highest BCUT2D eigenvalue weighted by Gasteiger charge is 2.18. The predicted molar refractivity (Wildman–Crippen MR) is 89.6 cm³/mol. The zero-order valence-electron chi connectivity index (χ0n) is 11.9. The Morgan fingerprint density at radius 3 is 2.41 bits per heavy atom. The van der Waals surface area contributed by atoms with Gasteiger partial charge in [0.15, 0.2) is 6.10 Å². The van der Waals surface area contributed by atoms with Crippen molar-refractivity contribution in [2.75, 3.05) is 5.32 Å². The Morgan fingerprint density at radius 1 is 1.14 bits per heavy atom. The third-order valence-corrected chi connectivity index (χ3v) is 3.50. The van der Waals surface area contributed by atoms with E-state index in [0.29, 0.717) is 0 Å². The van der Waals surface area contributed by atoms with E-state index in [1.165, 1.54) is 31.2 Å². The Hall–Kier alpha value is -1.49. The van der Waals surface area contributed by atoms with Gasteiger partial charge in [0, 0.05) is 6.08 Å². The molecule has 1 amide bonds. The molecular weight excluding hydrogens is 349 g/mol. The number of hydrogen-bond acceptors (Lipinski definition) is 3. The third kappa shape index (κ3) is 5.72. The minimum Gasteiger partial charge on any atom is -0.449 e. The van der Waals surface area contributed by atoms with Crippen LogP contribution < -0.4 is 5.32 Å². The van der Waals surface area contributed by atoms with Crippen LogP contribution in [0.3, 0.4) is 0 Å². The zero-order chi connectivity index (χ0) is 16.7. The summed E-state index contributed by atoms with van der Waals surface area (Å²) in [6, 6.07) is 2.84. The van der Waals surface area contributed by atoms with Crippen molar-refractivity contribution in [3.63, 3.8) is 0 Å². The summed E-state index contributed by atoms with van der Waals surface area (Å²) in [6.45, 7) is 3.26. The smallest absolute Gasteiger partial charge is 0.331 e. The molecule has 0 radical (unpaired) electrons. The van der Waals surface area contributed by atoms with Gasteiger partial charge >= 0.3 is 5.97 Å². The van der Waals surface area contributed by atoms with Crippen molar-refractivity contribution in [1.29, 1.82) is 0 Å². The molecule has 0 aromatic heterocycles. The van der Waals surface area contributed by atoms with E-state index in [1.807, 2.05) is 6.92 Å². The van der Waals surface area contributed by atoms with Gasteiger partial charge in [-0.15, -0.1) is 0 Å². The van der Waals surface area contributed by atoms with Gasteiger partial charge in [0.25, 0.3) is 5.91 Å². The molecule has 1 rings (SSSR count). The molecule has 1 aromatic rings. The Morgan fingerprint density at radius 2 is 1.77 bits per heavy atom. The number of hydrogen-bond donors (Lipinski definition) is 1. The molecule has 1 aromatic carbocycles. The van der Waals surface area contributed by atoms with Gasteiger partial charge in [0.1, 0.15) is 0 Å². The summed E-state index contributed by atoms with van der Waals surface area (Å²) in [5.41, 5.74) is 0.286. The number of benzene rings is 1. The lowest BCUT2D eigenvalue weighted by atomic mass is 10.3. The zero-order valence-corrected chi connectivity index (χ0v) is 14.2. The molecule has 1 N–H and O–H groups in total. The summed E-state index contributed by atoms with van der Waals surface area (Å²) in [7, 11) is 0. The highest BCUT2D eigenvalue weighted by molar-refractivity contribution is 6.44. The van der Waals surface area contributed by atoms with Crippen LogP contribution in [0.5, 0.6) is 0 Å². The Kier molecular flexibility index (Phi) is 7.45. The predicted octanol–water partition coefficient (Wildman–Crippen LogP) is 4.65. The average molecular weight is 363 g/mol. The van der Waals surface area contributed by atoms with Crippen molar-refractivity contribution in [3.05, 3.63) is 51.5 Å². The van der Waals surface area contributed by atoms with Crippen molar-refractivity contribution in [3.8, 4) is 0 Å². The molecule has 0 spiro atoms. The van der Waals surface area contributed by atoms with Gasteiger partial charge < -0.3 is 10.1 Å². The van der Waals surface area contributed by atoms with E-state index in [4.69, 9.17) is 39.5 Å². The van der Waals surface area contributed by atoms with Crippen LogP contribution in [0.1, 0.15) is 13.8 Å². The lowest BCUT2D eigenvalue weighted by Crippen LogP contribution is -2.29. The van der Waals surface area contributed by atoms with Crippen LogP contribution in [0, 0.1) is 0 Å². The first kappa shape index (κ1) is 18.6. The standard InChI is InChI=1S/C15H14Cl3NO3/c1-3-4-5-6-14(20)22-9(2)15(21)19-13-8-11(17)10(16)7-12(13)18/h3-9H,1-2H3,(H,19,21). The van der Waals surface area contributed by atoms with Crippen molar-refractivity contribution in [2.24, 2.45) is 0 Å². The number of allylic oxidation sites excluding steroid dienone is 3. The fourth-order valence-corrected chi connectivity index (χ4v) is 1.96. The van der Waals surface area contributed by atoms with Gasteiger partial charge in [-0.3, -0.25) is 4.79 Å². The van der Waals surface area contributed by atoms with E-state index in [-0.39, 0.29) is 20.8 Å². The van der Waals surface area contributed by atoms with E-state index in [9.17, 15) is 9.59 Å². The molecule has 0 heterocycles. The Labute approximate surface area is 143 Å². The minimum absolute atomic E-state index is 0.231. The minimum atomic E-state index is -0.992. The maximum Gasteiger partial charge on any atom is 0.331 e. The number of carbonyl (C=O) groups excluding carboxylic acids is 2.